The van der Waals surface area contributed by atoms with E-state index in [1.165, 1.54) is 31.0 Å². The largest absolute Gasteiger partial charge is 0.393 e. The Balaban J connectivity index is 1.14. The molecule has 0 bridgehead atoms. The SMILES string of the molecule is CN/C=C(\C=N)c1ccc(C2CCN(C(=O)c3ccc(C)c(NC(=O)C4CCN(C5CCC(C)C5)CC4)c3)CC2)cc1. The van der Waals surface area contributed by atoms with Gasteiger partial charge in [-0.2, -0.15) is 0 Å². The summed E-state index contributed by atoms with van der Waals surface area (Å²) in [5.74, 6) is 1.39. The lowest BCUT2D eigenvalue weighted by Gasteiger charge is -2.35. The minimum absolute atomic E-state index is 0.0305. The van der Waals surface area contributed by atoms with E-state index in [0.29, 0.717) is 30.6 Å². The van der Waals surface area contributed by atoms with Gasteiger partial charge in [0.1, 0.15) is 0 Å². The summed E-state index contributed by atoms with van der Waals surface area (Å²) >= 11 is 0. The lowest BCUT2D eigenvalue weighted by molar-refractivity contribution is -0.121. The molecule has 224 valence electrons. The van der Waals surface area contributed by atoms with Gasteiger partial charge in [0.15, 0.2) is 0 Å². The first-order valence-corrected chi connectivity index (χ1v) is 15.8. The molecular formula is C35H47N5O2. The number of piperidine rings is 2. The van der Waals surface area contributed by atoms with Crippen LogP contribution in [0.25, 0.3) is 5.57 Å². The Kier molecular flexibility index (Phi) is 9.78. The van der Waals surface area contributed by atoms with E-state index in [2.05, 4.69) is 46.7 Å². The van der Waals surface area contributed by atoms with Gasteiger partial charge >= 0.3 is 0 Å². The summed E-state index contributed by atoms with van der Waals surface area (Å²) in [5, 5.41) is 13.8. The van der Waals surface area contributed by atoms with Crippen molar-refractivity contribution < 1.29 is 9.59 Å². The summed E-state index contributed by atoms with van der Waals surface area (Å²) in [6, 6.07) is 14.9. The molecule has 7 heteroatoms. The monoisotopic (exact) mass is 569 g/mol. The van der Waals surface area contributed by atoms with Gasteiger partial charge in [-0.15, -0.1) is 0 Å². The Morgan fingerprint density at radius 2 is 1.60 bits per heavy atom. The van der Waals surface area contributed by atoms with E-state index in [1.54, 1.807) is 0 Å². The van der Waals surface area contributed by atoms with E-state index in [1.807, 2.05) is 43.3 Å². The van der Waals surface area contributed by atoms with Gasteiger partial charge in [-0.1, -0.05) is 37.3 Å². The standard InChI is InChI=1S/C35H47N5O2/c1-24-4-11-32(20-24)39-16-14-29(15-17-39)34(41)38-33-21-30(6-5-25(33)2)35(42)40-18-12-28(13-19-40)26-7-9-27(10-8-26)31(22-36)23-37-3/h5-10,21-24,28-29,32,36-37H,4,11-20H2,1-3H3,(H,38,41)/b31-23+,36-22?. The van der Waals surface area contributed by atoms with E-state index in [0.717, 1.165) is 67.1 Å². The molecular weight excluding hydrogens is 522 g/mol. The number of carbonyl (C=O) groups excluding carboxylic acids is 2. The minimum Gasteiger partial charge on any atom is -0.393 e. The van der Waals surface area contributed by atoms with Crippen LogP contribution in [-0.4, -0.2) is 67.1 Å². The number of likely N-dealkylation sites (tertiary alicyclic amines) is 2. The maximum Gasteiger partial charge on any atom is 0.253 e. The highest BCUT2D eigenvalue weighted by Crippen LogP contribution is 2.33. The highest BCUT2D eigenvalue weighted by Gasteiger charge is 2.32. The number of benzene rings is 2. The van der Waals surface area contributed by atoms with E-state index < -0.39 is 0 Å². The molecule has 3 aliphatic rings. The van der Waals surface area contributed by atoms with Crippen molar-refractivity contribution in [3.05, 3.63) is 70.9 Å². The summed E-state index contributed by atoms with van der Waals surface area (Å²) < 4.78 is 0. The van der Waals surface area contributed by atoms with E-state index in [9.17, 15) is 9.59 Å². The molecule has 3 N–H and O–H groups in total. The molecule has 5 rings (SSSR count). The normalized spacial score (nSPS) is 22.6. The zero-order valence-corrected chi connectivity index (χ0v) is 25.5. The highest BCUT2D eigenvalue weighted by molar-refractivity contribution is 6.08. The summed E-state index contributed by atoms with van der Waals surface area (Å²) in [6.45, 7) is 7.78. The van der Waals surface area contributed by atoms with Crippen molar-refractivity contribution in [3.8, 4) is 0 Å². The number of hydrogen-bond donors (Lipinski definition) is 3. The van der Waals surface area contributed by atoms with Gasteiger partial charge in [0.05, 0.1) is 0 Å². The number of amides is 2. The summed E-state index contributed by atoms with van der Waals surface area (Å²) in [4.78, 5) is 31.2. The second-order valence-electron chi connectivity index (χ2n) is 12.6. The van der Waals surface area contributed by atoms with Gasteiger partial charge in [-0.3, -0.25) is 9.59 Å². The summed E-state index contributed by atoms with van der Waals surface area (Å²) in [5.41, 5.74) is 5.52. The van der Waals surface area contributed by atoms with Crippen molar-refractivity contribution in [2.45, 2.75) is 70.8 Å². The molecule has 42 heavy (non-hydrogen) atoms. The molecule has 2 aromatic carbocycles. The van der Waals surface area contributed by atoms with Crippen LogP contribution in [0.2, 0.25) is 0 Å². The third-order valence-corrected chi connectivity index (χ3v) is 9.78. The molecule has 0 radical (unpaired) electrons. The number of allylic oxidation sites excluding steroid dienone is 1. The fraction of sp³-hybridized carbons (Fsp3) is 0.514. The number of nitrogens with one attached hydrogen (secondary N) is 3. The third kappa shape index (κ3) is 6.95. The number of hydrogen-bond acceptors (Lipinski definition) is 5. The van der Waals surface area contributed by atoms with Crippen LogP contribution in [-0.2, 0) is 4.79 Å². The quantitative estimate of drug-likeness (QED) is 0.337. The van der Waals surface area contributed by atoms with Gasteiger partial charge in [-0.25, -0.2) is 0 Å². The molecule has 0 aromatic heterocycles. The minimum atomic E-state index is 0.0305. The van der Waals surface area contributed by atoms with Crippen molar-refractivity contribution in [1.82, 2.24) is 15.1 Å². The van der Waals surface area contributed by atoms with Crippen LogP contribution in [0.15, 0.2) is 48.7 Å². The first kappa shape index (κ1) is 30.0. The van der Waals surface area contributed by atoms with Gasteiger partial charge in [0.25, 0.3) is 5.91 Å². The smallest absolute Gasteiger partial charge is 0.253 e. The van der Waals surface area contributed by atoms with E-state index >= 15 is 0 Å². The zero-order chi connectivity index (χ0) is 29.6. The molecule has 1 saturated carbocycles. The summed E-state index contributed by atoms with van der Waals surface area (Å²) in [7, 11) is 1.84. The number of carbonyl (C=O) groups is 2. The Morgan fingerprint density at radius 1 is 0.905 bits per heavy atom. The van der Waals surface area contributed by atoms with Crippen molar-refractivity contribution in [1.29, 1.82) is 5.41 Å². The van der Waals surface area contributed by atoms with Gasteiger partial charge in [0, 0.05) is 61.3 Å². The van der Waals surface area contributed by atoms with Crippen LogP contribution in [0.4, 0.5) is 5.69 Å². The Morgan fingerprint density at radius 3 is 2.21 bits per heavy atom. The second kappa shape index (κ2) is 13.7. The fourth-order valence-electron chi connectivity index (χ4n) is 7.07. The Labute approximate surface area is 251 Å². The molecule has 2 atom stereocenters. The van der Waals surface area contributed by atoms with Crippen LogP contribution in [0.3, 0.4) is 0 Å². The number of nitrogens with zero attached hydrogens (tertiary/aromatic N) is 2. The lowest BCUT2D eigenvalue weighted by Crippen LogP contribution is -2.42. The second-order valence-corrected chi connectivity index (χ2v) is 12.6. The first-order valence-electron chi connectivity index (χ1n) is 15.8. The predicted molar refractivity (Wildman–Crippen MR) is 171 cm³/mol. The van der Waals surface area contributed by atoms with Crippen molar-refractivity contribution in [3.63, 3.8) is 0 Å². The molecule has 1 aliphatic carbocycles. The topological polar surface area (TPSA) is 88.5 Å². The van der Waals surface area contributed by atoms with Crippen LogP contribution >= 0.6 is 0 Å². The lowest BCUT2D eigenvalue weighted by atomic mass is 9.88. The molecule has 2 aliphatic heterocycles. The van der Waals surface area contributed by atoms with E-state index in [4.69, 9.17) is 5.41 Å². The molecule has 7 nitrogen and oxygen atoms in total. The van der Waals surface area contributed by atoms with Gasteiger partial charge in [-0.05, 0) is 106 Å². The van der Waals surface area contributed by atoms with Crippen LogP contribution in [0.5, 0.6) is 0 Å². The maximum atomic E-state index is 13.5. The average Bonchev–Trinajstić information content (AvgIpc) is 3.47. The van der Waals surface area contributed by atoms with Gasteiger partial charge < -0.3 is 25.8 Å². The average molecular weight is 570 g/mol. The van der Waals surface area contributed by atoms with Crippen LogP contribution in [0, 0.1) is 24.2 Å². The first-order chi connectivity index (χ1) is 20.4. The number of aryl methyl sites for hydroxylation is 1. The molecule has 2 unspecified atom stereocenters. The van der Waals surface area contributed by atoms with Crippen molar-refractivity contribution in [2.24, 2.45) is 11.8 Å². The summed E-state index contributed by atoms with van der Waals surface area (Å²) in [6.07, 6.45) is 10.8. The highest BCUT2D eigenvalue weighted by atomic mass is 16.2. The van der Waals surface area contributed by atoms with Crippen LogP contribution < -0.4 is 10.6 Å². The Bertz CT molecular complexity index is 1290. The van der Waals surface area contributed by atoms with Crippen LogP contribution in [0.1, 0.15) is 84.8 Å². The molecule has 3 fully saturated rings. The molecule has 2 saturated heterocycles. The number of anilines is 1. The fourth-order valence-corrected chi connectivity index (χ4v) is 7.07. The molecule has 0 spiro atoms. The molecule has 2 amide bonds. The molecule has 2 heterocycles. The number of rotatable bonds is 8. The maximum absolute atomic E-state index is 13.5. The van der Waals surface area contributed by atoms with E-state index in [-0.39, 0.29) is 17.7 Å². The van der Waals surface area contributed by atoms with Crippen molar-refractivity contribution >= 4 is 29.3 Å². The molecule has 2 aromatic rings. The Hall–Kier alpha value is -3.45. The van der Waals surface area contributed by atoms with Crippen molar-refractivity contribution in [2.75, 3.05) is 38.5 Å². The zero-order valence-electron chi connectivity index (χ0n) is 25.5. The van der Waals surface area contributed by atoms with Gasteiger partial charge in [0.2, 0.25) is 5.91 Å². The predicted octanol–water partition coefficient (Wildman–Crippen LogP) is 6.06. The third-order valence-electron chi connectivity index (χ3n) is 9.78.